The Labute approximate surface area is 180 Å². The second kappa shape index (κ2) is 9.44. The zero-order chi connectivity index (χ0) is 21.8. The van der Waals surface area contributed by atoms with Crippen molar-refractivity contribution in [1.82, 2.24) is 19.9 Å². The van der Waals surface area contributed by atoms with E-state index in [0.717, 1.165) is 24.8 Å². The van der Waals surface area contributed by atoms with Crippen LogP contribution in [0.3, 0.4) is 0 Å². The maximum absolute atomic E-state index is 13.5. The molecule has 0 bridgehead atoms. The number of rotatable bonds is 5. The van der Waals surface area contributed by atoms with Crippen LogP contribution in [0.5, 0.6) is 0 Å². The Balaban J connectivity index is 1.93. The zero-order valence-corrected chi connectivity index (χ0v) is 18.6. The molecule has 0 saturated carbocycles. The van der Waals surface area contributed by atoms with Crippen LogP contribution in [0.25, 0.3) is 6.08 Å². The highest BCUT2D eigenvalue weighted by molar-refractivity contribution is 7.92. The van der Waals surface area contributed by atoms with Gasteiger partial charge in [-0.1, -0.05) is 11.6 Å². The Bertz CT molecular complexity index is 942. The molecule has 2 heterocycles. The van der Waals surface area contributed by atoms with Gasteiger partial charge >= 0.3 is 0 Å². The maximum atomic E-state index is 13.5. The lowest BCUT2D eigenvalue weighted by atomic mass is 9.97. The molecule has 1 saturated heterocycles. The van der Waals surface area contributed by atoms with Gasteiger partial charge in [-0.2, -0.15) is 0 Å². The summed E-state index contributed by atoms with van der Waals surface area (Å²) in [5.74, 6) is 1.62. The van der Waals surface area contributed by atoms with Crippen molar-refractivity contribution < 1.29 is 9.35 Å². The smallest absolute Gasteiger partial charge is 0.256 e. The minimum atomic E-state index is -1.28. The van der Waals surface area contributed by atoms with Gasteiger partial charge in [0, 0.05) is 18.3 Å². The third-order valence-corrected chi connectivity index (χ3v) is 5.49. The fourth-order valence-electron chi connectivity index (χ4n) is 3.71. The van der Waals surface area contributed by atoms with Crippen molar-refractivity contribution in [3.63, 3.8) is 0 Å². The molecule has 0 aliphatic carbocycles. The van der Waals surface area contributed by atoms with Gasteiger partial charge in [0.1, 0.15) is 17.9 Å². The van der Waals surface area contributed by atoms with Crippen molar-refractivity contribution in [2.24, 2.45) is 5.73 Å². The summed E-state index contributed by atoms with van der Waals surface area (Å²) in [5, 5.41) is 0. The molecule has 3 N–H and O–H groups in total. The van der Waals surface area contributed by atoms with Gasteiger partial charge in [-0.15, -0.1) is 0 Å². The number of nitrogens with two attached hydrogens (primary N) is 1. The summed E-state index contributed by atoms with van der Waals surface area (Å²) in [6.07, 6.45) is 5.93. The van der Waals surface area contributed by atoms with E-state index in [2.05, 4.69) is 19.7 Å². The van der Waals surface area contributed by atoms with Gasteiger partial charge in [-0.05, 0) is 52.2 Å². The van der Waals surface area contributed by atoms with Gasteiger partial charge in [-0.25, -0.2) is 19.7 Å². The Morgan fingerprint density at radius 2 is 1.93 bits per heavy atom. The van der Waals surface area contributed by atoms with E-state index in [1.807, 2.05) is 32.9 Å². The van der Waals surface area contributed by atoms with Crippen molar-refractivity contribution >= 4 is 29.0 Å². The average Bonchev–Trinajstić information content (AvgIpc) is 2.67. The van der Waals surface area contributed by atoms with Crippen LogP contribution in [0.4, 0.5) is 5.69 Å². The van der Waals surface area contributed by atoms with Crippen LogP contribution in [-0.4, -0.2) is 49.2 Å². The van der Waals surface area contributed by atoms with Crippen LogP contribution < -0.4 is 10.5 Å². The summed E-state index contributed by atoms with van der Waals surface area (Å²) in [6.45, 7) is 6.15. The van der Waals surface area contributed by atoms with Crippen molar-refractivity contribution in [3.05, 3.63) is 52.5 Å². The third-order valence-electron chi connectivity index (χ3n) is 4.98. The molecule has 1 aromatic heterocycles. The van der Waals surface area contributed by atoms with Crippen LogP contribution in [-0.2, 0) is 11.4 Å². The average molecular weight is 429 g/mol. The summed E-state index contributed by atoms with van der Waals surface area (Å²) in [6, 6.07) is 5.25. The Kier molecular flexibility index (Phi) is 6.94. The Morgan fingerprint density at radius 1 is 1.23 bits per heavy atom. The Morgan fingerprint density at radius 3 is 2.60 bits per heavy atom. The number of anilines is 1. The number of benzene rings is 1. The number of carbonyl (C=O) groups is 1. The number of aryl methyl sites for hydroxylation is 3. The van der Waals surface area contributed by atoms with Crippen molar-refractivity contribution in [2.75, 3.05) is 17.5 Å². The number of carbonyl (C=O) groups excluding carboxylic acids is 1. The highest BCUT2D eigenvalue weighted by Crippen LogP contribution is 2.27. The number of hydrogen-bond donors (Lipinski definition) is 2. The molecule has 1 fully saturated rings. The van der Waals surface area contributed by atoms with Crippen LogP contribution in [0.15, 0.2) is 23.9 Å². The molecule has 2 atom stereocenters. The lowest BCUT2D eigenvalue weighted by molar-refractivity contribution is 0.0653. The number of amides is 1. The van der Waals surface area contributed by atoms with E-state index in [4.69, 9.17) is 5.73 Å². The van der Waals surface area contributed by atoms with Gasteiger partial charge in [-0.3, -0.25) is 4.79 Å². The second-order valence-corrected chi connectivity index (χ2v) is 8.66. The standard InChI is InChI=1S/C21H28N6O2S/c1-13-8-9-18(26-30(4)29)16(11-13)21(28)27-10-6-5-7-19(27)17(22)12-20-24-14(2)23-15(3)25-20/h8-9,11-12,19,26H,5-7,10,22H2,1-4H3/t19-,30?/m0/s1. The van der Waals surface area contributed by atoms with Crippen molar-refractivity contribution in [1.29, 1.82) is 0 Å². The molecule has 3 rings (SSSR count). The molecule has 0 spiro atoms. The number of hydrogen-bond acceptors (Lipinski definition) is 7. The van der Waals surface area contributed by atoms with E-state index in [-0.39, 0.29) is 11.9 Å². The van der Waals surface area contributed by atoms with Crippen LogP contribution in [0.2, 0.25) is 0 Å². The van der Waals surface area contributed by atoms with Crippen molar-refractivity contribution in [3.8, 4) is 0 Å². The van der Waals surface area contributed by atoms with Crippen LogP contribution in [0, 0.1) is 20.8 Å². The first-order valence-electron chi connectivity index (χ1n) is 9.92. The molecule has 160 valence electrons. The van der Waals surface area contributed by atoms with Crippen molar-refractivity contribution in [2.45, 2.75) is 46.1 Å². The molecule has 2 aromatic rings. The summed E-state index contributed by atoms with van der Waals surface area (Å²) in [5.41, 5.74) is 9.00. The highest BCUT2D eigenvalue weighted by atomic mass is 32.2. The first-order valence-corrected chi connectivity index (χ1v) is 11.5. The molecule has 30 heavy (non-hydrogen) atoms. The summed E-state index contributed by atoms with van der Waals surface area (Å²) < 4.78 is 14.6. The van der Waals surface area contributed by atoms with E-state index < -0.39 is 11.4 Å². The van der Waals surface area contributed by atoms with E-state index >= 15 is 0 Å². The summed E-state index contributed by atoms with van der Waals surface area (Å²) in [7, 11) is 0. The monoisotopic (exact) mass is 428 g/mol. The zero-order valence-electron chi connectivity index (χ0n) is 17.8. The van der Waals surface area contributed by atoms with Gasteiger partial charge in [0.2, 0.25) is 0 Å². The molecule has 1 aliphatic rings. The Hall–Kier alpha value is -2.65. The number of likely N-dealkylation sites (tertiary alicyclic amines) is 1. The van der Waals surface area contributed by atoms with E-state index in [0.29, 0.717) is 41.0 Å². The first-order chi connectivity index (χ1) is 14.2. The fourth-order valence-corrected chi connectivity index (χ4v) is 4.19. The number of piperidine rings is 1. The lowest BCUT2D eigenvalue weighted by Gasteiger charge is -2.36. The predicted octanol–water partition coefficient (Wildman–Crippen LogP) is 2.50. The van der Waals surface area contributed by atoms with E-state index in [1.54, 1.807) is 17.0 Å². The highest BCUT2D eigenvalue weighted by Gasteiger charge is 2.31. The van der Waals surface area contributed by atoms with E-state index in [1.165, 1.54) is 6.26 Å². The molecule has 9 heteroatoms. The molecular weight excluding hydrogens is 400 g/mol. The van der Waals surface area contributed by atoms with Gasteiger partial charge in [0.05, 0.1) is 28.7 Å². The molecule has 8 nitrogen and oxygen atoms in total. The first kappa shape index (κ1) is 22.0. The van der Waals surface area contributed by atoms with Crippen LogP contribution >= 0.6 is 0 Å². The topological polar surface area (TPSA) is 120 Å². The minimum absolute atomic E-state index is 0.129. The largest absolute Gasteiger partial charge is 0.593 e. The number of aromatic nitrogens is 3. The summed E-state index contributed by atoms with van der Waals surface area (Å²) in [4.78, 5) is 28.1. The van der Waals surface area contributed by atoms with Gasteiger partial charge < -0.3 is 15.2 Å². The normalized spacial score (nSPS) is 18.2. The molecular formula is C21H28N6O2S. The molecule has 1 aromatic carbocycles. The number of nitrogens with zero attached hydrogens (tertiary/aromatic N) is 4. The number of nitrogens with one attached hydrogen (secondary N) is 1. The SMILES string of the molecule is Cc1ccc(N[S+](C)[O-])c(C(=O)N2CCCC[C@H]2C(N)=Cc2nc(C)nc(C)n2)c1. The quantitative estimate of drug-likeness (QED) is 0.702. The predicted molar refractivity (Wildman–Crippen MR) is 119 cm³/mol. The van der Waals surface area contributed by atoms with E-state index in [9.17, 15) is 9.35 Å². The maximum Gasteiger partial charge on any atom is 0.256 e. The molecule has 0 radical (unpaired) electrons. The van der Waals surface area contributed by atoms with Gasteiger partial charge in [0.25, 0.3) is 5.91 Å². The molecule has 1 unspecified atom stereocenters. The summed E-state index contributed by atoms with van der Waals surface area (Å²) >= 11 is -1.28. The minimum Gasteiger partial charge on any atom is -0.593 e. The molecule has 1 amide bonds. The third kappa shape index (κ3) is 5.28. The fraction of sp³-hybridized carbons (Fsp3) is 0.429. The molecule has 1 aliphatic heterocycles. The van der Waals surface area contributed by atoms with Gasteiger partial charge in [0.15, 0.2) is 5.82 Å². The lowest BCUT2D eigenvalue weighted by Crippen LogP contribution is -2.46. The van der Waals surface area contributed by atoms with Crippen LogP contribution in [0.1, 0.15) is 52.7 Å². The second-order valence-electron chi connectivity index (χ2n) is 7.55.